The quantitative estimate of drug-likeness (QED) is 0.877. The first kappa shape index (κ1) is 12.9. The zero-order valence-electron chi connectivity index (χ0n) is 9.23. The van der Waals surface area contributed by atoms with E-state index in [4.69, 9.17) is 5.11 Å². The summed E-state index contributed by atoms with van der Waals surface area (Å²) in [6.45, 7) is 0. The van der Waals surface area contributed by atoms with Gasteiger partial charge in [0, 0.05) is 17.3 Å². The van der Waals surface area contributed by atoms with Crippen molar-refractivity contribution in [2.24, 2.45) is 0 Å². The molecule has 2 N–H and O–H groups in total. The number of nitrogens with one attached hydrogen (secondary N) is 1. The van der Waals surface area contributed by atoms with E-state index in [1.165, 1.54) is 24.3 Å². The molecule has 0 saturated heterocycles. The predicted molar refractivity (Wildman–Crippen MR) is 58.6 cm³/mol. The zero-order valence-corrected chi connectivity index (χ0v) is 9.23. The number of anilines is 1. The molecule has 8 heteroatoms. The lowest BCUT2D eigenvalue weighted by atomic mass is 10.1. The average molecular weight is 272 g/mol. The van der Waals surface area contributed by atoms with Gasteiger partial charge in [0.1, 0.15) is 5.69 Å². The number of benzene rings is 1. The lowest BCUT2D eigenvalue weighted by Gasteiger charge is -2.01. The minimum Gasteiger partial charge on any atom is -0.465 e. The summed E-state index contributed by atoms with van der Waals surface area (Å²) < 4.78 is 41.1. The van der Waals surface area contributed by atoms with Crippen LogP contribution >= 0.6 is 0 Å². The minimum atomic E-state index is -4.59. The highest BCUT2D eigenvalue weighted by Gasteiger charge is 2.36. The van der Waals surface area contributed by atoms with E-state index in [1.807, 2.05) is 0 Å². The molecule has 1 heterocycles. The molecule has 2 rings (SSSR count). The Morgan fingerprint density at radius 3 is 2.37 bits per heavy atom. The molecule has 0 atom stereocenters. The number of carboxylic acid groups (broad SMARTS) is 1. The second-order valence-electron chi connectivity index (χ2n) is 3.58. The predicted octanol–water partition coefficient (Wildman–Crippen LogP) is 3.45. The van der Waals surface area contributed by atoms with Gasteiger partial charge in [0.2, 0.25) is 5.76 Å². The minimum absolute atomic E-state index is 0.0224. The maximum Gasteiger partial charge on any atom is 0.452 e. The first-order chi connectivity index (χ1) is 8.86. The summed E-state index contributed by atoms with van der Waals surface area (Å²) in [5.41, 5.74) is 0.708. The van der Waals surface area contributed by atoms with Gasteiger partial charge < -0.3 is 9.63 Å². The van der Waals surface area contributed by atoms with Crippen LogP contribution in [0.1, 0.15) is 5.76 Å². The van der Waals surface area contributed by atoms with Crippen LogP contribution in [0, 0.1) is 0 Å². The Morgan fingerprint density at radius 1 is 1.26 bits per heavy atom. The molecule has 1 aromatic heterocycles. The second kappa shape index (κ2) is 4.63. The molecule has 0 bridgehead atoms. The van der Waals surface area contributed by atoms with E-state index >= 15 is 0 Å². The lowest BCUT2D eigenvalue weighted by Crippen LogP contribution is -2.06. The van der Waals surface area contributed by atoms with E-state index in [0.717, 1.165) is 6.07 Å². The Hall–Kier alpha value is -2.51. The highest BCUT2D eigenvalue weighted by molar-refractivity contribution is 5.83. The molecule has 0 unspecified atom stereocenters. The van der Waals surface area contributed by atoms with Gasteiger partial charge in [-0.15, -0.1) is 0 Å². The molecular formula is C11H7F3N2O3. The number of rotatable bonds is 2. The first-order valence-electron chi connectivity index (χ1n) is 5.00. The van der Waals surface area contributed by atoms with E-state index in [0.29, 0.717) is 11.3 Å². The first-order valence-corrected chi connectivity index (χ1v) is 5.00. The molecule has 100 valence electrons. The third-order valence-electron chi connectivity index (χ3n) is 2.22. The van der Waals surface area contributed by atoms with E-state index in [9.17, 15) is 18.0 Å². The number of hydrogen-bond acceptors (Lipinski definition) is 3. The molecule has 5 nitrogen and oxygen atoms in total. The summed E-state index contributed by atoms with van der Waals surface area (Å²) in [6, 6.07) is 6.46. The SMILES string of the molecule is O=C(O)Nc1ccc(-c2cc(C(F)(F)F)on2)cc1. The van der Waals surface area contributed by atoms with Crippen molar-refractivity contribution in [2.45, 2.75) is 6.18 Å². The molecule has 0 aliphatic heterocycles. The van der Waals surface area contributed by atoms with E-state index < -0.39 is 18.0 Å². The van der Waals surface area contributed by atoms with Crippen LogP contribution in [-0.4, -0.2) is 16.4 Å². The third kappa shape index (κ3) is 3.03. The summed E-state index contributed by atoms with van der Waals surface area (Å²) in [5.74, 6) is -1.18. The maximum absolute atomic E-state index is 12.3. The molecule has 19 heavy (non-hydrogen) atoms. The molecular weight excluding hydrogens is 265 g/mol. The molecule has 0 spiro atoms. The van der Waals surface area contributed by atoms with Gasteiger partial charge in [0.05, 0.1) is 0 Å². The van der Waals surface area contributed by atoms with Crippen LogP contribution in [0.4, 0.5) is 23.7 Å². The van der Waals surface area contributed by atoms with Gasteiger partial charge in [-0.1, -0.05) is 17.3 Å². The number of amides is 1. The number of hydrogen-bond donors (Lipinski definition) is 2. The zero-order chi connectivity index (χ0) is 14.0. The lowest BCUT2D eigenvalue weighted by molar-refractivity contribution is -0.155. The monoisotopic (exact) mass is 272 g/mol. The molecule has 0 fully saturated rings. The molecule has 1 aromatic carbocycles. The number of nitrogens with zero attached hydrogens (tertiary/aromatic N) is 1. The van der Waals surface area contributed by atoms with Gasteiger partial charge in [-0.25, -0.2) is 4.79 Å². The molecule has 2 aromatic rings. The standard InChI is InChI=1S/C11H7F3N2O3/c12-11(13,14)9-5-8(16-19-9)6-1-3-7(4-2-6)15-10(17)18/h1-5,15H,(H,17,18). The topological polar surface area (TPSA) is 75.4 Å². The molecule has 0 aliphatic rings. The number of alkyl halides is 3. The van der Waals surface area contributed by atoms with E-state index in [2.05, 4.69) is 15.0 Å². The highest BCUT2D eigenvalue weighted by atomic mass is 19.4. The van der Waals surface area contributed by atoms with Gasteiger partial charge in [-0.05, 0) is 12.1 Å². The average Bonchev–Trinajstić information content (AvgIpc) is 2.78. The van der Waals surface area contributed by atoms with Crippen molar-refractivity contribution >= 4 is 11.8 Å². The number of aromatic nitrogens is 1. The van der Waals surface area contributed by atoms with Crippen molar-refractivity contribution in [3.05, 3.63) is 36.1 Å². The van der Waals surface area contributed by atoms with Crippen LogP contribution in [0.3, 0.4) is 0 Å². The van der Waals surface area contributed by atoms with Crippen LogP contribution in [0.25, 0.3) is 11.3 Å². The Morgan fingerprint density at radius 2 is 1.89 bits per heavy atom. The van der Waals surface area contributed by atoms with E-state index in [-0.39, 0.29) is 5.69 Å². The Balaban J connectivity index is 2.23. The molecule has 0 saturated carbocycles. The van der Waals surface area contributed by atoms with Gasteiger partial charge in [-0.2, -0.15) is 13.2 Å². The molecule has 1 amide bonds. The Bertz CT molecular complexity index is 590. The van der Waals surface area contributed by atoms with Crippen LogP contribution in [0.15, 0.2) is 34.9 Å². The number of carbonyl (C=O) groups is 1. The van der Waals surface area contributed by atoms with Crippen molar-refractivity contribution in [3.8, 4) is 11.3 Å². The van der Waals surface area contributed by atoms with Crippen molar-refractivity contribution in [3.63, 3.8) is 0 Å². The smallest absolute Gasteiger partial charge is 0.452 e. The highest BCUT2D eigenvalue weighted by Crippen LogP contribution is 2.32. The summed E-state index contributed by atoms with van der Waals surface area (Å²) in [6.07, 6.45) is -5.82. The maximum atomic E-state index is 12.3. The van der Waals surface area contributed by atoms with Crippen molar-refractivity contribution in [2.75, 3.05) is 5.32 Å². The van der Waals surface area contributed by atoms with Gasteiger partial charge in [-0.3, -0.25) is 5.32 Å². The van der Waals surface area contributed by atoms with Gasteiger partial charge in [0.15, 0.2) is 0 Å². The molecule has 0 radical (unpaired) electrons. The normalized spacial score (nSPS) is 11.3. The van der Waals surface area contributed by atoms with Crippen molar-refractivity contribution in [1.82, 2.24) is 5.16 Å². The Labute approximate surface area is 104 Å². The van der Waals surface area contributed by atoms with Crippen molar-refractivity contribution < 1.29 is 27.6 Å². The van der Waals surface area contributed by atoms with Crippen LogP contribution in [0.2, 0.25) is 0 Å². The van der Waals surface area contributed by atoms with Crippen LogP contribution in [-0.2, 0) is 6.18 Å². The fourth-order valence-electron chi connectivity index (χ4n) is 1.39. The summed E-state index contributed by atoms with van der Waals surface area (Å²) >= 11 is 0. The summed E-state index contributed by atoms with van der Waals surface area (Å²) in [7, 11) is 0. The Kier molecular flexibility index (Phi) is 3.16. The van der Waals surface area contributed by atoms with Gasteiger partial charge >= 0.3 is 12.3 Å². The molecule has 0 aliphatic carbocycles. The van der Waals surface area contributed by atoms with Crippen LogP contribution < -0.4 is 5.32 Å². The third-order valence-corrected chi connectivity index (χ3v) is 2.22. The largest absolute Gasteiger partial charge is 0.465 e. The van der Waals surface area contributed by atoms with E-state index in [1.54, 1.807) is 0 Å². The van der Waals surface area contributed by atoms with Crippen LogP contribution in [0.5, 0.6) is 0 Å². The number of halogens is 3. The fraction of sp³-hybridized carbons (Fsp3) is 0.0909. The van der Waals surface area contributed by atoms with Crippen molar-refractivity contribution in [1.29, 1.82) is 0 Å². The summed E-state index contributed by atoms with van der Waals surface area (Å²) in [4.78, 5) is 10.4. The van der Waals surface area contributed by atoms with Gasteiger partial charge in [0.25, 0.3) is 0 Å². The fourth-order valence-corrected chi connectivity index (χ4v) is 1.39. The second-order valence-corrected chi connectivity index (χ2v) is 3.58. The summed E-state index contributed by atoms with van der Waals surface area (Å²) in [5, 5.41) is 13.9.